The molecule has 1 rings (SSSR count). The maximum atomic E-state index is 9.54. The van der Waals surface area contributed by atoms with Gasteiger partial charge in [-0.15, -0.1) is 0 Å². The fourth-order valence-corrected chi connectivity index (χ4v) is 1.51. The van der Waals surface area contributed by atoms with E-state index in [1.54, 1.807) is 12.1 Å². The molecule has 0 saturated carbocycles. The SMILES string of the molecule is Nc1cc(Br)ccc1C(O)CCO. The zero-order valence-electron chi connectivity index (χ0n) is 7.07. The van der Waals surface area contributed by atoms with Crippen molar-refractivity contribution in [2.24, 2.45) is 0 Å². The summed E-state index contributed by atoms with van der Waals surface area (Å²) >= 11 is 3.27. The molecule has 0 aliphatic carbocycles. The Morgan fingerprint density at radius 3 is 2.69 bits per heavy atom. The predicted molar refractivity (Wildman–Crippen MR) is 55.2 cm³/mol. The number of anilines is 1. The highest BCUT2D eigenvalue weighted by molar-refractivity contribution is 9.10. The Bertz CT molecular complexity index is 291. The number of hydrogen-bond acceptors (Lipinski definition) is 3. The van der Waals surface area contributed by atoms with E-state index < -0.39 is 6.10 Å². The van der Waals surface area contributed by atoms with Gasteiger partial charge in [0.25, 0.3) is 0 Å². The molecule has 4 heteroatoms. The van der Waals surface area contributed by atoms with E-state index in [-0.39, 0.29) is 6.61 Å². The zero-order chi connectivity index (χ0) is 9.84. The standard InChI is InChI=1S/C9H12BrNO2/c10-6-1-2-7(8(11)5-6)9(13)3-4-12/h1-2,5,9,12-13H,3-4,11H2. The van der Waals surface area contributed by atoms with Crippen molar-refractivity contribution in [2.45, 2.75) is 12.5 Å². The highest BCUT2D eigenvalue weighted by atomic mass is 79.9. The van der Waals surface area contributed by atoms with Crippen LogP contribution in [-0.4, -0.2) is 16.8 Å². The molecule has 0 bridgehead atoms. The van der Waals surface area contributed by atoms with Crippen LogP contribution in [0.1, 0.15) is 18.1 Å². The van der Waals surface area contributed by atoms with E-state index in [4.69, 9.17) is 10.8 Å². The van der Waals surface area contributed by atoms with Gasteiger partial charge in [-0.05, 0) is 12.1 Å². The number of benzene rings is 1. The molecule has 13 heavy (non-hydrogen) atoms. The molecule has 3 nitrogen and oxygen atoms in total. The fraction of sp³-hybridized carbons (Fsp3) is 0.333. The summed E-state index contributed by atoms with van der Waals surface area (Å²) < 4.78 is 0.880. The molecule has 72 valence electrons. The van der Waals surface area contributed by atoms with Gasteiger partial charge < -0.3 is 15.9 Å². The van der Waals surface area contributed by atoms with E-state index in [2.05, 4.69) is 15.9 Å². The average molecular weight is 246 g/mol. The highest BCUT2D eigenvalue weighted by Crippen LogP contribution is 2.25. The van der Waals surface area contributed by atoms with E-state index in [1.807, 2.05) is 6.07 Å². The number of rotatable bonds is 3. The van der Waals surface area contributed by atoms with Crippen molar-refractivity contribution in [3.8, 4) is 0 Å². The van der Waals surface area contributed by atoms with Crippen LogP contribution in [0, 0.1) is 0 Å². The molecule has 0 saturated heterocycles. The molecule has 1 aromatic rings. The van der Waals surface area contributed by atoms with Crippen LogP contribution in [0.15, 0.2) is 22.7 Å². The molecule has 0 aliphatic heterocycles. The Kier molecular flexibility index (Phi) is 3.71. The predicted octanol–water partition coefficient (Wildman–Crippen LogP) is 1.45. The number of aliphatic hydroxyl groups excluding tert-OH is 2. The summed E-state index contributed by atoms with van der Waals surface area (Å²) in [5.74, 6) is 0. The Balaban J connectivity index is 2.88. The first-order chi connectivity index (χ1) is 6.15. The minimum atomic E-state index is -0.682. The minimum Gasteiger partial charge on any atom is -0.398 e. The van der Waals surface area contributed by atoms with Crippen molar-refractivity contribution in [3.05, 3.63) is 28.2 Å². The molecule has 0 fully saturated rings. The Morgan fingerprint density at radius 2 is 2.15 bits per heavy atom. The zero-order valence-corrected chi connectivity index (χ0v) is 8.66. The molecule has 1 aromatic carbocycles. The molecular formula is C9H12BrNO2. The Hall–Kier alpha value is -0.580. The first-order valence-corrected chi connectivity index (χ1v) is 4.78. The van der Waals surface area contributed by atoms with E-state index in [1.165, 1.54) is 0 Å². The first-order valence-electron chi connectivity index (χ1n) is 3.99. The van der Waals surface area contributed by atoms with Gasteiger partial charge in [-0.1, -0.05) is 22.0 Å². The monoisotopic (exact) mass is 245 g/mol. The van der Waals surface area contributed by atoms with Crippen molar-refractivity contribution < 1.29 is 10.2 Å². The Labute approximate surface area is 85.3 Å². The second-order valence-corrected chi connectivity index (χ2v) is 3.72. The quantitative estimate of drug-likeness (QED) is 0.707. The van der Waals surface area contributed by atoms with Crippen molar-refractivity contribution in [1.29, 1.82) is 0 Å². The van der Waals surface area contributed by atoms with Crippen LogP contribution < -0.4 is 5.73 Å². The molecule has 0 radical (unpaired) electrons. The molecule has 0 aromatic heterocycles. The molecular weight excluding hydrogens is 234 g/mol. The minimum absolute atomic E-state index is 0.0450. The number of nitrogens with two attached hydrogens (primary N) is 1. The lowest BCUT2D eigenvalue weighted by Crippen LogP contribution is -2.03. The van der Waals surface area contributed by atoms with Crippen molar-refractivity contribution in [1.82, 2.24) is 0 Å². The third kappa shape index (κ3) is 2.69. The highest BCUT2D eigenvalue weighted by Gasteiger charge is 2.09. The smallest absolute Gasteiger partial charge is 0.0831 e. The van der Waals surface area contributed by atoms with Gasteiger partial charge in [-0.2, -0.15) is 0 Å². The van der Waals surface area contributed by atoms with Crippen molar-refractivity contribution >= 4 is 21.6 Å². The lowest BCUT2D eigenvalue weighted by molar-refractivity contribution is 0.135. The summed E-state index contributed by atoms with van der Waals surface area (Å²) in [6.45, 7) is -0.0450. The van der Waals surface area contributed by atoms with Crippen molar-refractivity contribution in [3.63, 3.8) is 0 Å². The molecule has 1 atom stereocenters. The summed E-state index contributed by atoms with van der Waals surface area (Å²) in [5.41, 5.74) is 6.88. The summed E-state index contributed by atoms with van der Waals surface area (Å²) in [4.78, 5) is 0. The largest absolute Gasteiger partial charge is 0.398 e. The summed E-state index contributed by atoms with van der Waals surface area (Å²) in [7, 11) is 0. The number of hydrogen-bond donors (Lipinski definition) is 3. The van der Waals surface area contributed by atoms with Gasteiger partial charge in [-0.3, -0.25) is 0 Å². The van der Waals surface area contributed by atoms with Crippen LogP contribution in [-0.2, 0) is 0 Å². The molecule has 0 aliphatic rings. The van der Waals surface area contributed by atoms with E-state index in [0.717, 1.165) is 4.47 Å². The molecule has 0 heterocycles. The first kappa shape index (κ1) is 10.5. The number of halogens is 1. The average Bonchev–Trinajstić information content (AvgIpc) is 2.04. The third-order valence-corrected chi connectivity index (χ3v) is 2.30. The van der Waals surface area contributed by atoms with Gasteiger partial charge >= 0.3 is 0 Å². The molecule has 1 unspecified atom stereocenters. The summed E-state index contributed by atoms with van der Waals surface area (Å²) in [6, 6.07) is 5.29. The topological polar surface area (TPSA) is 66.5 Å². The lowest BCUT2D eigenvalue weighted by atomic mass is 10.1. The third-order valence-electron chi connectivity index (χ3n) is 1.81. The van der Waals surface area contributed by atoms with Gasteiger partial charge in [0.1, 0.15) is 0 Å². The molecule has 0 spiro atoms. The van der Waals surface area contributed by atoms with Crippen molar-refractivity contribution in [2.75, 3.05) is 12.3 Å². The van der Waals surface area contributed by atoms with Crippen LogP contribution in [0.25, 0.3) is 0 Å². The van der Waals surface area contributed by atoms with Gasteiger partial charge in [0.05, 0.1) is 6.10 Å². The van der Waals surface area contributed by atoms with E-state index in [9.17, 15) is 5.11 Å². The normalized spacial score (nSPS) is 12.8. The number of aliphatic hydroxyl groups is 2. The van der Waals surface area contributed by atoms with Crippen LogP contribution in [0.4, 0.5) is 5.69 Å². The van der Waals surface area contributed by atoms with Gasteiger partial charge in [0.2, 0.25) is 0 Å². The van der Waals surface area contributed by atoms with Gasteiger partial charge in [0.15, 0.2) is 0 Å². The maximum Gasteiger partial charge on any atom is 0.0831 e. The van der Waals surface area contributed by atoms with Gasteiger partial charge in [0, 0.05) is 28.8 Å². The molecule has 0 amide bonds. The van der Waals surface area contributed by atoms with Gasteiger partial charge in [-0.25, -0.2) is 0 Å². The van der Waals surface area contributed by atoms with Crippen LogP contribution >= 0.6 is 15.9 Å². The lowest BCUT2D eigenvalue weighted by Gasteiger charge is -2.11. The van der Waals surface area contributed by atoms with E-state index in [0.29, 0.717) is 17.7 Å². The summed E-state index contributed by atoms with van der Waals surface area (Å²) in [5, 5.41) is 18.2. The Morgan fingerprint density at radius 1 is 1.46 bits per heavy atom. The summed E-state index contributed by atoms with van der Waals surface area (Å²) in [6.07, 6.45) is -0.371. The van der Waals surface area contributed by atoms with Crippen LogP contribution in [0.3, 0.4) is 0 Å². The second kappa shape index (κ2) is 4.60. The fourth-order valence-electron chi connectivity index (χ4n) is 1.13. The molecule has 4 N–H and O–H groups in total. The van der Waals surface area contributed by atoms with E-state index >= 15 is 0 Å². The maximum absolute atomic E-state index is 9.54. The van der Waals surface area contributed by atoms with Crippen LogP contribution in [0.5, 0.6) is 0 Å². The number of nitrogen functional groups attached to an aromatic ring is 1. The second-order valence-electron chi connectivity index (χ2n) is 2.80. The van der Waals surface area contributed by atoms with Crippen LogP contribution in [0.2, 0.25) is 0 Å².